The number of allylic oxidation sites excluding steroid dienone is 1. The summed E-state index contributed by atoms with van der Waals surface area (Å²) in [6.45, 7) is 6.44. The third-order valence-electron chi connectivity index (χ3n) is 6.36. The molecule has 190 valence electrons. The minimum Gasteiger partial charge on any atom is -0.508 e. The Balaban J connectivity index is 1.50. The molecule has 3 N–H and O–H groups in total. The van der Waals surface area contributed by atoms with Gasteiger partial charge in [-0.2, -0.15) is 0 Å². The highest BCUT2D eigenvalue weighted by atomic mass is 32.2. The van der Waals surface area contributed by atoms with Crippen LogP contribution in [0.15, 0.2) is 69.6 Å². The van der Waals surface area contributed by atoms with Crippen molar-refractivity contribution in [2.45, 2.75) is 25.2 Å². The minimum absolute atomic E-state index is 0.101. The molecule has 0 saturated carbocycles. The van der Waals surface area contributed by atoms with Gasteiger partial charge < -0.3 is 24.8 Å². The first-order valence-electron chi connectivity index (χ1n) is 12.1. The lowest BCUT2D eigenvalue weighted by molar-refractivity contribution is -0.125. The Morgan fingerprint density at radius 2 is 1.86 bits per heavy atom. The van der Waals surface area contributed by atoms with Gasteiger partial charge in [-0.3, -0.25) is 9.79 Å². The van der Waals surface area contributed by atoms with E-state index in [0.29, 0.717) is 28.4 Å². The van der Waals surface area contributed by atoms with Crippen molar-refractivity contribution in [3.8, 4) is 5.75 Å². The van der Waals surface area contributed by atoms with Crippen molar-refractivity contribution in [2.75, 3.05) is 40.3 Å². The number of carbonyl (C=O) groups is 1. The van der Waals surface area contributed by atoms with Crippen molar-refractivity contribution in [2.24, 2.45) is 4.99 Å². The topological polar surface area (TPSA) is 94.0 Å². The van der Waals surface area contributed by atoms with Crippen molar-refractivity contribution in [1.29, 1.82) is 0 Å². The van der Waals surface area contributed by atoms with E-state index >= 15 is 0 Å². The van der Waals surface area contributed by atoms with Gasteiger partial charge in [-0.05, 0) is 56.7 Å². The Morgan fingerprint density at radius 3 is 2.47 bits per heavy atom. The second-order valence-electron chi connectivity index (χ2n) is 9.17. The van der Waals surface area contributed by atoms with E-state index in [1.165, 1.54) is 0 Å². The summed E-state index contributed by atoms with van der Waals surface area (Å²) in [4.78, 5) is 20.7. The number of amidine groups is 1. The summed E-state index contributed by atoms with van der Waals surface area (Å²) in [6.07, 6.45) is 4.31. The summed E-state index contributed by atoms with van der Waals surface area (Å²) in [5.74, 6) is 0.990. The zero-order chi connectivity index (χ0) is 25.8. The summed E-state index contributed by atoms with van der Waals surface area (Å²) in [5.41, 5.74) is 5.10. The molecular formula is C28H33N4O3S-. The first-order valence-corrected chi connectivity index (χ1v) is 13.2. The lowest BCUT2D eigenvalue weighted by atomic mass is 10.1. The molecule has 1 amide bonds. The minimum atomic E-state index is -1.47. The van der Waals surface area contributed by atoms with E-state index in [9.17, 15) is 14.1 Å². The molecule has 2 aromatic carbocycles. The van der Waals surface area contributed by atoms with E-state index in [0.717, 1.165) is 53.2 Å². The van der Waals surface area contributed by atoms with Crippen LogP contribution < -0.4 is 10.6 Å². The molecule has 2 aliphatic rings. The molecular weight excluding hydrogens is 472 g/mol. The van der Waals surface area contributed by atoms with Crippen LogP contribution in [0.2, 0.25) is 0 Å². The third kappa shape index (κ3) is 5.55. The molecule has 8 heteroatoms. The van der Waals surface area contributed by atoms with Crippen molar-refractivity contribution >= 4 is 27.0 Å². The van der Waals surface area contributed by atoms with Gasteiger partial charge in [-0.15, -0.1) is 9.76 Å². The Bertz CT molecular complexity index is 1330. The quantitative estimate of drug-likeness (QED) is 0.379. The molecule has 0 spiro atoms. The first-order chi connectivity index (χ1) is 17.3. The predicted molar refractivity (Wildman–Crippen MR) is 146 cm³/mol. The maximum absolute atomic E-state index is 13.6. The summed E-state index contributed by atoms with van der Waals surface area (Å²) in [6, 6.07) is 11.5. The number of likely N-dealkylation sites (N-methyl/N-ethyl adjacent to an activating group) is 2. The molecule has 0 aromatic heterocycles. The third-order valence-corrected chi connectivity index (χ3v) is 8.16. The fourth-order valence-electron chi connectivity index (χ4n) is 4.53. The van der Waals surface area contributed by atoms with Crippen molar-refractivity contribution in [1.82, 2.24) is 15.5 Å². The van der Waals surface area contributed by atoms with Crippen molar-refractivity contribution < 1.29 is 14.1 Å². The van der Waals surface area contributed by atoms with Gasteiger partial charge in [0.1, 0.15) is 11.6 Å². The number of benzene rings is 2. The van der Waals surface area contributed by atoms with Crippen LogP contribution in [0, 0.1) is 13.8 Å². The number of phenolic OH excluding ortho intramolecular Hbond substituents is 1. The Hall–Kier alpha value is -3.36. The van der Waals surface area contributed by atoms with Crippen LogP contribution in [-0.2, 0) is 25.8 Å². The van der Waals surface area contributed by atoms with Gasteiger partial charge in [0.25, 0.3) is 5.91 Å². The molecule has 1 aliphatic carbocycles. The summed E-state index contributed by atoms with van der Waals surface area (Å²) >= 11 is 0. The number of aromatic hydroxyl groups is 1. The lowest BCUT2D eigenvalue weighted by Gasteiger charge is -2.19. The molecule has 7 nitrogen and oxygen atoms in total. The second-order valence-corrected chi connectivity index (χ2v) is 10.6. The number of hydrogen-bond donors (Lipinski definition) is 3. The number of rotatable bonds is 8. The van der Waals surface area contributed by atoms with Crippen LogP contribution in [0.4, 0.5) is 0 Å². The van der Waals surface area contributed by atoms with Gasteiger partial charge in [0.05, 0.1) is 6.54 Å². The number of nitrogens with zero attached hydrogens (tertiary/aromatic N) is 2. The molecule has 0 bridgehead atoms. The molecule has 0 saturated heterocycles. The highest BCUT2D eigenvalue weighted by Gasteiger charge is 2.19. The number of hydrogen-bond acceptors (Lipinski definition) is 7. The zero-order valence-electron chi connectivity index (χ0n) is 21.2. The summed E-state index contributed by atoms with van der Waals surface area (Å²) < 4.78 is 13.6. The van der Waals surface area contributed by atoms with Crippen LogP contribution in [0.1, 0.15) is 22.3 Å². The van der Waals surface area contributed by atoms with E-state index in [4.69, 9.17) is 0 Å². The van der Waals surface area contributed by atoms with Gasteiger partial charge in [0.15, 0.2) is 0 Å². The van der Waals surface area contributed by atoms with Crippen LogP contribution >= 0.6 is 0 Å². The van der Waals surface area contributed by atoms with Crippen LogP contribution in [0.3, 0.4) is 0 Å². The Labute approximate surface area is 214 Å². The number of amides is 1. The fourth-order valence-corrected chi connectivity index (χ4v) is 6.05. The van der Waals surface area contributed by atoms with Crippen molar-refractivity contribution in [3.63, 3.8) is 0 Å². The molecule has 0 atom stereocenters. The van der Waals surface area contributed by atoms with E-state index < -0.39 is 10.4 Å². The van der Waals surface area contributed by atoms with Gasteiger partial charge in [-0.25, -0.2) is 10.4 Å². The first kappa shape index (κ1) is 25.7. The van der Waals surface area contributed by atoms with Crippen LogP contribution in [0.25, 0.3) is 0 Å². The highest BCUT2D eigenvalue weighted by molar-refractivity contribution is 7.85. The number of aliphatic imine (C=N–C) groups is 1. The van der Waals surface area contributed by atoms with E-state index in [-0.39, 0.29) is 11.7 Å². The molecule has 0 unspecified atom stereocenters. The smallest absolute Gasteiger partial charge is 0.253 e. The van der Waals surface area contributed by atoms with E-state index in [1.807, 2.05) is 27.0 Å². The monoisotopic (exact) mass is 505 g/mol. The molecule has 0 radical (unpaired) electrons. The normalized spacial score (nSPS) is 16.8. The Kier molecular flexibility index (Phi) is 7.96. The maximum Gasteiger partial charge on any atom is 0.253 e. The molecule has 0 fully saturated rings. The van der Waals surface area contributed by atoms with E-state index in [1.54, 1.807) is 30.2 Å². The fraction of sp³-hybridized carbons (Fsp3) is 0.321. The summed E-state index contributed by atoms with van der Waals surface area (Å²) in [5, 5.41) is 16.3. The standard InChI is InChI=1S/C28H33N4O3S/c1-18-13-24(33)14-19(2)26(18)36(35)25-16-22(15-23(25)17-29-3)28(34)32(4)12-9-20-5-7-21(8-6-20)27-30-10-11-31-27/h5-8,13-16,29,33H,9-12,17H2,1-4H3,(H,30,31)/q-1. The Morgan fingerprint density at radius 1 is 1.17 bits per heavy atom. The zero-order valence-corrected chi connectivity index (χ0v) is 22.0. The average Bonchev–Trinajstić information content (AvgIpc) is 3.53. The highest BCUT2D eigenvalue weighted by Crippen LogP contribution is 2.25. The molecule has 1 heterocycles. The molecule has 36 heavy (non-hydrogen) atoms. The maximum atomic E-state index is 13.6. The lowest BCUT2D eigenvalue weighted by Crippen LogP contribution is -2.29. The average molecular weight is 506 g/mol. The predicted octanol–water partition coefficient (Wildman–Crippen LogP) is 2.64. The molecule has 2 aromatic rings. The number of nitrogens with one attached hydrogen (secondary N) is 2. The summed E-state index contributed by atoms with van der Waals surface area (Å²) in [7, 11) is 2.15. The van der Waals surface area contributed by atoms with E-state index in [2.05, 4.69) is 39.9 Å². The number of aryl methyl sites for hydroxylation is 2. The molecule has 1 aliphatic heterocycles. The van der Waals surface area contributed by atoms with Gasteiger partial charge in [-0.1, -0.05) is 41.5 Å². The number of carbonyl (C=O) groups excluding carboxylic acids is 1. The van der Waals surface area contributed by atoms with Gasteiger partial charge in [0.2, 0.25) is 0 Å². The molecule has 4 rings (SSSR count). The van der Waals surface area contributed by atoms with Gasteiger partial charge in [0, 0.05) is 37.8 Å². The number of phenols is 1. The van der Waals surface area contributed by atoms with Crippen LogP contribution in [-0.4, -0.2) is 66.9 Å². The SMILES string of the molecule is CNCC1=CC(C(=O)N(C)CCc2ccc(C3=NCCN3)cc2)=CC1=[S-](=O)c1c(C)cc(O)cc1C. The second kappa shape index (κ2) is 11.1. The van der Waals surface area contributed by atoms with Crippen molar-refractivity contribution in [3.05, 3.63) is 82.0 Å². The van der Waals surface area contributed by atoms with Gasteiger partial charge >= 0.3 is 0 Å². The largest absolute Gasteiger partial charge is 0.508 e. The van der Waals surface area contributed by atoms with Crippen LogP contribution in [0.5, 0.6) is 5.75 Å².